The van der Waals surface area contributed by atoms with Gasteiger partial charge in [-0.1, -0.05) is 13.8 Å². The molecule has 1 amide bonds. The Bertz CT molecular complexity index is 684. The van der Waals surface area contributed by atoms with Gasteiger partial charge in [0, 0.05) is 37.0 Å². The molecule has 2 aromatic rings. The van der Waals surface area contributed by atoms with Gasteiger partial charge in [0.1, 0.15) is 0 Å². The predicted molar refractivity (Wildman–Crippen MR) is 92.7 cm³/mol. The molecule has 0 fully saturated rings. The largest absolute Gasteiger partial charge is 0.343 e. The zero-order chi connectivity index (χ0) is 17.0. The first kappa shape index (κ1) is 17.4. The van der Waals surface area contributed by atoms with Crippen LogP contribution < -0.4 is 0 Å². The summed E-state index contributed by atoms with van der Waals surface area (Å²) in [4.78, 5) is 19.1. The fraction of sp³-hybridized carbons (Fsp3) is 0.611. The van der Waals surface area contributed by atoms with Crippen molar-refractivity contribution in [3.8, 4) is 0 Å². The molecule has 0 aromatic carbocycles. The van der Waals surface area contributed by atoms with E-state index in [4.69, 9.17) is 0 Å². The summed E-state index contributed by atoms with van der Waals surface area (Å²) in [6.45, 7) is 12.0. The smallest absolute Gasteiger partial charge is 0.222 e. The molecule has 0 aliphatic rings. The quantitative estimate of drug-likeness (QED) is 0.788. The Morgan fingerprint density at radius 1 is 1.17 bits per heavy atom. The lowest BCUT2D eigenvalue weighted by Crippen LogP contribution is -2.32. The number of fused-ring (bicyclic) bond motifs is 1. The van der Waals surface area contributed by atoms with Gasteiger partial charge in [0.05, 0.1) is 5.69 Å². The van der Waals surface area contributed by atoms with Crippen molar-refractivity contribution in [2.45, 2.75) is 60.3 Å². The van der Waals surface area contributed by atoms with Crippen molar-refractivity contribution in [1.82, 2.24) is 19.5 Å². The lowest BCUT2D eigenvalue weighted by molar-refractivity contribution is -0.131. The van der Waals surface area contributed by atoms with Gasteiger partial charge in [0.2, 0.25) is 5.91 Å². The second kappa shape index (κ2) is 7.57. The molecule has 2 rings (SSSR count). The molecule has 0 aliphatic carbocycles. The molecule has 0 spiro atoms. The van der Waals surface area contributed by atoms with E-state index in [1.54, 1.807) is 0 Å². The number of hydrogen-bond acceptors (Lipinski definition) is 3. The van der Waals surface area contributed by atoms with Crippen molar-refractivity contribution in [3.05, 3.63) is 28.7 Å². The highest BCUT2D eigenvalue weighted by atomic mass is 16.2. The first-order chi connectivity index (χ1) is 11.0. The van der Waals surface area contributed by atoms with E-state index in [0.717, 1.165) is 60.6 Å². The van der Waals surface area contributed by atoms with Gasteiger partial charge in [-0.2, -0.15) is 5.10 Å². The average molecular weight is 316 g/mol. The molecule has 0 saturated carbocycles. The Hall–Kier alpha value is -1.91. The third kappa shape index (κ3) is 3.89. The van der Waals surface area contributed by atoms with E-state index < -0.39 is 0 Å². The molecule has 0 N–H and O–H groups in total. The van der Waals surface area contributed by atoms with Crippen molar-refractivity contribution >= 4 is 11.6 Å². The first-order valence-electron chi connectivity index (χ1n) is 8.58. The molecule has 126 valence electrons. The molecule has 0 radical (unpaired) electrons. The van der Waals surface area contributed by atoms with Gasteiger partial charge < -0.3 is 4.90 Å². The lowest BCUT2D eigenvalue weighted by atomic mass is 10.1. The van der Waals surface area contributed by atoms with Crippen LogP contribution in [0.2, 0.25) is 0 Å². The fourth-order valence-electron chi connectivity index (χ4n) is 3.09. The molecule has 23 heavy (non-hydrogen) atoms. The summed E-state index contributed by atoms with van der Waals surface area (Å²) in [5.41, 5.74) is 5.07. The van der Waals surface area contributed by atoms with Crippen LogP contribution in [-0.4, -0.2) is 38.5 Å². The Kier molecular flexibility index (Phi) is 5.74. The van der Waals surface area contributed by atoms with Crippen LogP contribution in [0.25, 0.3) is 5.65 Å². The lowest BCUT2D eigenvalue weighted by Gasteiger charge is -2.21. The van der Waals surface area contributed by atoms with Gasteiger partial charge >= 0.3 is 0 Å². The normalized spacial score (nSPS) is 11.2. The van der Waals surface area contributed by atoms with Gasteiger partial charge in [-0.05, 0) is 45.6 Å². The second-order valence-electron chi connectivity index (χ2n) is 6.20. The van der Waals surface area contributed by atoms with Gasteiger partial charge in [-0.15, -0.1) is 0 Å². The molecule has 2 heterocycles. The van der Waals surface area contributed by atoms with E-state index in [9.17, 15) is 4.79 Å². The SMILES string of the molecule is CCCN(CCC)C(=O)CCc1c(C)nc2cc(C)nn2c1C. The van der Waals surface area contributed by atoms with E-state index in [1.165, 1.54) is 0 Å². The number of nitrogens with zero attached hydrogens (tertiary/aromatic N) is 4. The van der Waals surface area contributed by atoms with Crippen LogP contribution in [0.4, 0.5) is 0 Å². The van der Waals surface area contributed by atoms with Crippen LogP contribution in [0.3, 0.4) is 0 Å². The van der Waals surface area contributed by atoms with Gasteiger partial charge in [0.15, 0.2) is 5.65 Å². The monoisotopic (exact) mass is 316 g/mol. The zero-order valence-corrected chi connectivity index (χ0v) is 15.0. The summed E-state index contributed by atoms with van der Waals surface area (Å²) in [5.74, 6) is 0.240. The van der Waals surface area contributed by atoms with Crippen molar-refractivity contribution in [2.75, 3.05) is 13.1 Å². The number of carbonyl (C=O) groups is 1. The average Bonchev–Trinajstić information content (AvgIpc) is 2.87. The van der Waals surface area contributed by atoms with Gasteiger partial charge in [-0.3, -0.25) is 4.79 Å². The summed E-state index contributed by atoms with van der Waals surface area (Å²) in [6, 6.07) is 1.99. The Morgan fingerprint density at radius 3 is 2.43 bits per heavy atom. The van der Waals surface area contributed by atoms with Crippen LogP contribution in [0.5, 0.6) is 0 Å². The first-order valence-corrected chi connectivity index (χ1v) is 8.58. The highest BCUT2D eigenvalue weighted by Gasteiger charge is 2.15. The van der Waals surface area contributed by atoms with Crippen molar-refractivity contribution in [3.63, 3.8) is 0 Å². The molecule has 0 aliphatic heterocycles. The molecule has 0 saturated heterocycles. The maximum atomic E-state index is 12.5. The maximum Gasteiger partial charge on any atom is 0.222 e. The topological polar surface area (TPSA) is 50.5 Å². The Balaban J connectivity index is 2.16. The van der Waals surface area contributed by atoms with E-state index in [1.807, 2.05) is 29.3 Å². The molecule has 5 heteroatoms. The third-order valence-corrected chi connectivity index (χ3v) is 4.21. The van der Waals surface area contributed by atoms with Gasteiger partial charge in [0.25, 0.3) is 0 Å². The maximum absolute atomic E-state index is 12.5. The number of hydrogen-bond donors (Lipinski definition) is 0. The summed E-state index contributed by atoms with van der Waals surface area (Å²) < 4.78 is 1.89. The summed E-state index contributed by atoms with van der Waals surface area (Å²) >= 11 is 0. The molecule has 2 aromatic heterocycles. The van der Waals surface area contributed by atoms with E-state index in [2.05, 4.69) is 30.9 Å². The minimum atomic E-state index is 0.240. The van der Waals surface area contributed by atoms with Crippen LogP contribution in [0.1, 0.15) is 55.8 Å². The molecule has 0 bridgehead atoms. The van der Waals surface area contributed by atoms with E-state index in [-0.39, 0.29) is 5.91 Å². The zero-order valence-electron chi connectivity index (χ0n) is 15.0. The highest BCUT2D eigenvalue weighted by Crippen LogP contribution is 2.17. The fourth-order valence-corrected chi connectivity index (χ4v) is 3.09. The van der Waals surface area contributed by atoms with Crippen LogP contribution in [0.15, 0.2) is 6.07 Å². The highest BCUT2D eigenvalue weighted by molar-refractivity contribution is 5.76. The van der Waals surface area contributed by atoms with Crippen LogP contribution in [0, 0.1) is 20.8 Å². The number of aromatic nitrogens is 3. The summed E-state index contributed by atoms with van der Waals surface area (Å²) in [5, 5.41) is 4.49. The molecule has 0 unspecified atom stereocenters. The second-order valence-corrected chi connectivity index (χ2v) is 6.20. The number of amides is 1. The number of rotatable bonds is 7. The van der Waals surface area contributed by atoms with Crippen molar-refractivity contribution < 1.29 is 4.79 Å². The number of carbonyl (C=O) groups excluding carboxylic acids is 1. The summed E-state index contributed by atoms with van der Waals surface area (Å²) in [7, 11) is 0. The Morgan fingerprint density at radius 2 is 1.83 bits per heavy atom. The molecular formula is C18H28N4O. The Labute approximate surface area is 138 Å². The minimum absolute atomic E-state index is 0.240. The van der Waals surface area contributed by atoms with E-state index in [0.29, 0.717) is 6.42 Å². The van der Waals surface area contributed by atoms with Gasteiger partial charge in [-0.25, -0.2) is 9.50 Å². The standard InChI is InChI=1S/C18H28N4O/c1-6-10-21(11-7-2)18(23)9-8-16-14(4)19-17-12-13(3)20-22(17)15(16)5/h12H,6-11H2,1-5H3. The molecule has 0 atom stereocenters. The van der Waals surface area contributed by atoms with Crippen molar-refractivity contribution in [2.24, 2.45) is 0 Å². The molecular weight excluding hydrogens is 288 g/mol. The number of aryl methyl sites for hydroxylation is 3. The minimum Gasteiger partial charge on any atom is -0.343 e. The van der Waals surface area contributed by atoms with E-state index >= 15 is 0 Å². The van der Waals surface area contributed by atoms with Crippen LogP contribution >= 0.6 is 0 Å². The third-order valence-electron chi connectivity index (χ3n) is 4.21. The molecule has 5 nitrogen and oxygen atoms in total. The van der Waals surface area contributed by atoms with Crippen LogP contribution in [-0.2, 0) is 11.2 Å². The summed E-state index contributed by atoms with van der Waals surface area (Å²) in [6.07, 6.45) is 3.27. The van der Waals surface area contributed by atoms with Crippen molar-refractivity contribution in [1.29, 1.82) is 0 Å². The predicted octanol–water partition coefficient (Wildman–Crippen LogP) is 3.24.